The number of ether oxygens (including phenoxy) is 4. The number of carbonyl (C=O) groups excluding carboxylic acids is 2. The van der Waals surface area contributed by atoms with Gasteiger partial charge in [-0.15, -0.1) is 0 Å². The Morgan fingerprint density at radius 3 is 2.64 bits per heavy atom. The van der Waals surface area contributed by atoms with Gasteiger partial charge in [-0.3, -0.25) is 9.59 Å². The summed E-state index contributed by atoms with van der Waals surface area (Å²) < 4.78 is 22.0. The molecule has 0 unspecified atom stereocenters. The Balaban J connectivity index is 1.57. The SMILES string of the molecule is COc1ccc(/C=C2\Oc3c(ccc4c3[C@H](c3ccccc3OCC(=O)O)CC(=O)O4)C2=O)cc1O. The molecule has 2 heterocycles. The zero-order valence-corrected chi connectivity index (χ0v) is 19.0. The van der Waals surface area contributed by atoms with Gasteiger partial charge in [0.05, 0.1) is 19.1 Å². The Morgan fingerprint density at radius 2 is 1.89 bits per heavy atom. The lowest BCUT2D eigenvalue weighted by atomic mass is 9.84. The lowest BCUT2D eigenvalue weighted by Gasteiger charge is -2.27. The van der Waals surface area contributed by atoms with Crippen LogP contribution in [-0.2, 0) is 9.59 Å². The van der Waals surface area contributed by atoms with Crippen molar-refractivity contribution in [3.05, 3.63) is 82.6 Å². The molecule has 36 heavy (non-hydrogen) atoms. The molecular weight excluding hydrogens is 468 g/mol. The fourth-order valence-corrected chi connectivity index (χ4v) is 4.36. The van der Waals surface area contributed by atoms with Crippen molar-refractivity contribution >= 4 is 23.8 Å². The number of fused-ring (bicyclic) bond motifs is 3. The monoisotopic (exact) mass is 488 g/mol. The molecule has 0 amide bonds. The van der Waals surface area contributed by atoms with E-state index in [1.807, 2.05) is 0 Å². The summed E-state index contributed by atoms with van der Waals surface area (Å²) in [6.07, 6.45) is 1.45. The lowest BCUT2D eigenvalue weighted by molar-refractivity contribution is -0.139. The molecule has 3 aromatic rings. The fourth-order valence-electron chi connectivity index (χ4n) is 4.36. The third-order valence-corrected chi connectivity index (χ3v) is 5.93. The molecule has 2 aliphatic rings. The number of hydrogen-bond acceptors (Lipinski definition) is 8. The highest BCUT2D eigenvalue weighted by Gasteiger charge is 2.39. The van der Waals surface area contributed by atoms with Crippen molar-refractivity contribution in [1.29, 1.82) is 0 Å². The number of hydrogen-bond donors (Lipinski definition) is 2. The first-order valence-electron chi connectivity index (χ1n) is 11.0. The van der Waals surface area contributed by atoms with Gasteiger partial charge in [0.2, 0.25) is 5.78 Å². The number of carboxylic acids is 1. The van der Waals surface area contributed by atoms with Gasteiger partial charge in [0.1, 0.15) is 17.2 Å². The van der Waals surface area contributed by atoms with Crippen LogP contribution in [-0.4, -0.2) is 41.7 Å². The van der Waals surface area contributed by atoms with Crippen LogP contribution in [0.5, 0.6) is 28.7 Å². The standard InChI is InChI=1S/C27H20O9/c1-33-20-8-6-14(10-18(20)28)11-22-26(32)16-7-9-21-25(27(16)36-22)17(12-24(31)35-21)15-4-2-3-5-19(15)34-13-23(29)30/h2-11,17,28H,12-13H2,1H3,(H,29,30)/b22-11-/t17-/m0/s1. The molecule has 3 aromatic carbocycles. The number of allylic oxidation sites excluding steroid dienone is 1. The third kappa shape index (κ3) is 4.11. The summed E-state index contributed by atoms with van der Waals surface area (Å²) in [5.41, 5.74) is 1.88. The highest BCUT2D eigenvalue weighted by molar-refractivity contribution is 6.15. The molecule has 0 aliphatic carbocycles. The number of carbonyl (C=O) groups is 3. The van der Waals surface area contributed by atoms with E-state index in [0.29, 0.717) is 33.8 Å². The van der Waals surface area contributed by atoms with Crippen molar-refractivity contribution in [3.63, 3.8) is 0 Å². The van der Waals surface area contributed by atoms with Crippen LogP contribution in [0.15, 0.2) is 60.4 Å². The number of ketones is 1. The van der Waals surface area contributed by atoms with Crippen LogP contribution >= 0.6 is 0 Å². The van der Waals surface area contributed by atoms with Gasteiger partial charge in [-0.05, 0) is 42.0 Å². The van der Waals surface area contributed by atoms with E-state index in [1.165, 1.54) is 25.3 Å². The molecule has 0 fully saturated rings. The summed E-state index contributed by atoms with van der Waals surface area (Å²) in [6, 6.07) is 14.6. The first kappa shape index (κ1) is 23.0. The molecule has 0 saturated carbocycles. The molecule has 5 rings (SSSR count). The average Bonchev–Trinajstić information content (AvgIpc) is 3.17. The molecule has 9 nitrogen and oxygen atoms in total. The highest BCUT2D eigenvalue weighted by Crippen LogP contribution is 2.50. The van der Waals surface area contributed by atoms with Crippen LogP contribution in [0.3, 0.4) is 0 Å². The number of aromatic hydroxyl groups is 1. The lowest BCUT2D eigenvalue weighted by Crippen LogP contribution is -2.22. The summed E-state index contributed by atoms with van der Waals surface area (Å²) in [5.74, 6) is -1.53. The van der Waals surface area contributed by atoms with E-state index in [1.54, 1.807) is 42.5 Å². The summed E-state index contributed by atoms with van der Waals surface area (Å²) in [6.45, 7) is -0.551. The first-order valence-corrected chi connectivity index (χ1v) is 11.0. The van der Waals surface area contributed by atoms with E-state index in [4.69, 9.17) is 24.1 Å². The summed E-state index contributed by atoms with van der Waals surface area (Å²) in [4.78, 5) is 36.7. The Morgan fingerprint density at radius 1 is 1.08 bits per heavy atom. The van der Waals surface area contributed by atoms with E-state index < -0.39 is 24.5 Å². The summed E-state index contributed by atoms with van der Waals surface area (Å²) >= 11 is 0. The van der Waals surface area contributed by atoms with Crippen molar-refractivity contribution in [2.24, 2.45) is 0 Å². The van der Waals surface area contributed by atoms with E-state index in [-0.39, 0.29) is 35.2 Å². The molecule has 2 N–H and O–H groups in total. The Hall–Kier alpha value is -4.79. The predicted molar refractivity (Wildman–Crippen MR) is 126 cm³/mol. The fraction of sp³-hybridized carbons (Fsp3) is 0.148. The highest BCUT2D eigenvalue weighted by atomic mass is 16.5. The molecule has 0 aromatic heterocycles. The molecule has 0 saturated heterocycles. The van der Waals surface area contributed by atoms with Gasteiger partial charge >= 0.3 is 11.9 Å². The number of carboxylic acid groups (broad SMARTS) is 1. The Bertz CT molecular complexity index is 1440. The minimum atomic E-state index is -1.14. The number of Topliss-reactive ketones (excluding diaryl/α,β-unsaturated/α-hetero) is 1. The number of methoxy groups -OCH3 is 1. The molecule has 0 radical (unpaired) electrons. The van der Waals surface area contributed by atoms with Crippen LogP contribution < -0.4 is 18.9 Å². The molecule has 182 valence electrons. The van der Waals surface area contributed by atoms with E-state index in [0.717, 1.165) is 0 Å². The largest absolute Gasteiger partial charge is 0.504 e. The second-order valence-corrected chi connectivity index (χ2v) is 8.18. The number of esters is 1. The number of aliphatic carboxylic acids is 1. The Labute approximate surface area is 205 Å². The maximum Gasteiger partial charge on any atom is 0.341 e. The van der Waals surface area contributed by atoms with Crippen LogP contribution in [0.4, 0.5) is 0 Å². The van der Waals surface area contributed by atoms with Crippen LogP contribution in [0.25, 0.3) is 6.08 Å². The average molecular weight is 488 g/mol. The van der Waals surface area contributed by atoms with E-state index >= 15 is 0 Å². The van der Waals surface area contributed by atoms with Gasteiger partial charge in [-0.1, -0.05) is 24.3 Å². The van der Waals surface area contributed by atoms with Gasteiger partial charge in [0.15, 0.2) is 23.9 Å². The quantitative estimate of drug-likeness (QED) is 0.301. The molecule has 2 aliphatic heterocycles. The van der Waals surface area contributed by atoms with Crippen molar-refractivity contribution in [2.45, 2.75) is 12.3 Å². The van der Waals surface area contributed by atoms with E-state index in [9.17, 15) is 19.5 Å². The molecular formula is C27H20O9. The first-order chi connectivity index (χ1) is 17.4. The maximum absolute atomic E-state index is 13.2. The number of benzene rings is 3. The van der Waals surface area contributed by atoms with Gasteiger partial charge in [-0.25, -0.2) is 4.79 Å². The summed E-state index contributed by atoms with van der Waals surface area (Å²) in [5, 5.41) is 19.1. The second kappa shape index (κ2) is 9.10. The van der Waals surface area contributed by atoms with Crippen molar-refractivity contribution in [1.82, 2.24) is 0 Å². The zero-order chi connectivity index (χ0) is 25.4. The summed E-state index contributed by atoms with van der Waals surface area (Å²) in [7, 11) is 1.44. The number of phenolic OH excluding ortho intramolecular Hbond substituents is 1. The second-order valence-electron chi connectivity index (χ2n) is 8.18. The van der Waals surface area contributed by atoms with Gasteiger partial charge in [-0.2, -0.15) is 0 Å². The molecule has 9 heteroatoms. The van der Waals surface area contributed by atoms with E-state index in [2.05, 4.69) is 0 Å². The zero-order valence-electron chi connectivity index (χ0n) is 19.0. The van der Waals surface area contributed by atoms with Crippen molar-refractivity contribution in [3.8, 4) is 28.7 Å². The van der Waals surface area contributed by atoms with Crippen molar-refractivity contribution in [2.75, 3.05) is 13.7 Å². The third-order valence-electron chi connectivity index (χ3n) is 5.93. The van der Waals surface area contributed by atoms with Crippen LogP contribution in [0.1, 0.15) is 39.4 Å². The normalized spacial score (nSPS) is 17.1. The maximum atomic E-state index is 13.2. The van der Waals surface area contributed by atoms with Gasteiger partial charge in [0, 0.05) is 17.0 Å². The number of rotatable bonds is 6. The molecule has 0 bridgehead atoms. The number of para-hydroxylation sites is 1. The molecule has 0 spiro atoms. The minimum Gasteiger partial charge on any atom is -0.504 e. The number of phenols is 1. The van der Waals surface area contributed by atoms with Crippen LogP contribution in [0.2, 0.25) is 0 Å². The smallest absolute Gasteiger partial charge is 0.341 e. The van der Waals surface area contributed by atoms with Gasteiger partial charge < -0.3 is 29.2 Å². The Kier molecular flexibility index (Phi) is 5.81. The van der Waals surface area contributed by atoms with Gasteiger partial charge in [0.25, 0.3) is 0 Å². The minimum absolute atomic E-state index is 0.0361. The molecule has 1 atom stereocenters. The topological polar surface area (TPSA) is 129 Å². The predicted octanol–water partition coefficient (Wildman–Crippen LogP) is 3.92. The van der Waals surface area contributed by atoms with Crippen molar-refractivity contribution < 1.29 is 43.5 Å². The van der Waals surface area contributed by atoms with Crippen LogP contribution in [0, 0.1) is 0 Å².